The largest absolute Gasteiger partial charge is 0.348 e. The van der Waals surface area contributed by atoms with Crippen LogP contribution in [0.4, 0.5) is 4.39 Å². The fourth-order valence-corrected chi connectivity index (χ4v) is 1.85. The molecule has 1 aromatic carbocycles. The van der Waals surface area contributed by atoms with Crippen molar-refractivity contribution in [3.8, 4) is 0 Å². The summed E-state index contributed by atoms with van der Waals surface area (Å²) in [6, 6.07) is 4.07. The van der Waals surface area contributed by atoms with Crippen LogP contribution in [0.3, 0.4) is 0 Å². The van der Waals surface area contributed by atoms with Crippen LogP contribution in [-0.4, -0.2) is 18.5 Å². The van der Waals surface area contributed by atoms with Gasteiger partial charge in [-0.15, -0.1) is 0 Å². The monoisotopic (exact) mass is 272 g/mol. The Hall–Kier alpha value is -1.13. The number of unbranched alkanes of at least 4 members (excludes halogenated alkanes) is 1. The SMILES string of the molecule is CCCCC(CN)NC(=O)c1cccc(F)c1Cl. The molecule has 3 N–H and O–H groups in total. The van der Waals surface area contributed by atoms with E-state index < -0.39 is 5.82 Å². The van der Waals surface area contributed by atoms with E-state index in [9.17, 15) is 9.18 Å². The average Bonchev–Trinajstić information content (AvgIpc) is 2.37. The van der Waals surface area contributed by atoms with Gasteiger partial charge in [-0.05, 0) is 18.6 Å². The number of hydrogen-bond acceptors (Lipinski definition) is 2. The van der Waals surface area contributed by atoms with Gasteiger partial charge in [-0.1, -0.05) is 37.4 Å². The zero-order valence-corrected chi connectivity index (χ0v) is 11.1. The molecule has 0 aliphatic heterocycles. The third-order valence-electron chi connectivity index (χ3n) is 2.72. The zero-order valence-electron chi connectivity index (χ0n) is 10.4. The molecule has 0 bridgehead atoms. The molecule has 0 heterocycles. The Morgan fingerprint density at radius 1 is 1.56 bits per heavy atom. The maximum absolute atomic E-state index is 13.2. The van der Waals surface area contributed by atoms with Crippen LogP contribution >= 0.6 is 11.6 Å². The Morgan fingerprint density at radius 3 is 2.89 bits per heavy atom. The van der Waals surface area contributed by atoms with Crippen LogP contribution in [0, 0.1) is 5.82 Å². The Morgan fingerprint density at radius 2 is 2.28 bits per heavy atom. The van der Waals surface area contributed by atoms with Crippen LogP contribution in [0.2, 0.25) is 5.02 Å². The standard InChI is InChI=1S/C13H18ClFN2O/c1-2-3-5-9(8-16)17-13(18)10-6-4-7-11(15)12(10)14/h4,6-7,9H,2-3,5,8,16H2,1H3,(H,17,18). The average molecular weight is 273 g/mol. The Labute approximate surface area is 112 Å². The molecule has 0 saturated heterocycles. The van der Waals surface area contributed by atoms with E-state index >= 15 is 0 Å². The van der Waals surface area contributed by atoms with Crippen LogP contribution in [0.25, 0.3) is 0 Å². The van der Waals surface area contributed by atoms with Gasteiger partial charge in [-0.25, -0.2) is 4.39 Å². The van der Waals surface area contributed by atoms with Gasteiger partial charge < -0.3 is 11.1 Å². The summed E-state index contributed by atoms with van der Waals surface area (Å²) in [7, 11) is 0. The molecule has 3 nitrogen and oxygen atoms in total. The van der Waals surface area contributed by atoms with Crippen molar-refractivity contribution >= 4 is 17.5 Å². The van der Waals surface area contributed by atoms with Gasteiger partial charge in [-0.2, -0.15) is 0 Å². The van der Waals surface area contributed by atoms with E-state index in [2.05, 4.69) is 12.2 Å². The maximum atomic E-state index is 13.2. The van der Waals surface area contributed by atoms with E-state index in [0.29, 0.717) is 6.54 Å². The molecule has 1 amide bonds. The van der Waals surface area contributed by atoms with E-state index in [4.69, 9.17) is 17.3 Å². The first kappa shape index (κ1) is 14.9. The Balaban J connectivity index is 2.72. The minimum atomic E-state index is -0.595. The predicted octanol–water partition coefficient (Wildman–Crippen LogP) is 2.73. The third-order valence-corrected chi connectivity index (χ3v) is 3.11. The van der Waals surface area contributed by atoms with Crippen molar-refractivity contribution in [2.75, 3.05) is 6.54 Å². The maximum Gasteiger partial charge on any atom is 0.253 e. The van der Waals surface area contributed by atoms with Crippen molar-refractivity contribution in [1.29, 1.82) is 0 Å². The quantitative estimate of drug-likeness (QED) is 0.837. The number of halogens is 2. The molecule has 1 unspecified atom stereocenters. The fourth-order valence-electron chi connectivity index (χ4n) is 1.64. The van der Waals surface area contributed by atoms with Gasteiger partial charge in [0.25, 0.3) is 5.91 Å². The predicted molar refractivity (Wildman–Crippen MR) is 71.2 cm³/mol. The number of carbonyl (C=O) groups excluding carboxylic acids is 1. The summed E-state index contributed by atoms with van der Waals surface area (Å²) < 4.78 is 13.2. The highest BCUT2D eigenvalue weighted by Crippen LogP contribution is 2.19. The van der Waals surface area contributed by atoms with Gasteiger partial charge >= 0.3 is 0 Å². The minimum absolute atomic E-state index is 0.100. The van der Waals surface area contributed by atoms with Gasteiger partial charge in [-0.3, -0.25) is 4.79 Å². The minimum Gasteiger partial charge on any atom is -0.348 e. The van der Waals surface area contributed by atoms with Crippen molar-refractivity contribution in [3.05, 3.63) is 34.6 Å². The third kappa shape index (κ3) is 3.96. The van der Waals surface area contributed by atoms with Gasteiger partial charge in [0.15, 0.2) is 0 Å². The molecule has 5 heteroatoms. The van der Waals surface area contributed by atoms with Crippen LogP contribution in [-0.2, 0) is 0 Å². The zero-order chi connectivity index (χ0) is 13.5. The van der Waals surface area contributed by atoms with E-state index in [1.54, 1.807) is 0 Å². The van der Waals surface area contributed by atoms with Crippen LogP contribution in [0.5, 0.6) is 0 Å². The number of benzene rings is 1. The second kappa shape index (κ2) is 7.34. The summed E-state index contributed by atoms with van der Waals surface area (Å²) in [5.74, 6) is -0.978. The highest BCUT2D eigenvalue weighted by molar-refractivity contribution is 6.34. The summed E-state index contributed by atoms with van der Waals surface area (Å²) in [5.41, 5.74) is 5.73. The molecular formula is C13H18ClFN2O. The van der Waals surface area contributed by atoms with E-state index in [-0.39, 0.29) is 22.5 Å². The van der Waals surface area contributed by atoms with Crippen molar-refractivity contribution in [3.63, 3.8) is 0 Å². The molecule has 1 aromatic rings. The normalized spacial score (nSPS) is 12.2. The lowest BCUT2D eigenvalue weighted by Gasteiger charge is -2.17. The summed E-state index contributed by atoms with van der Waals surface area (Å²) in [4.78, 5) is 11.9. The van der Waals surface area contributed by atoms with Gasteiger partial charge in [0.05, 0.1) is 10.6 Å². The molecule has 100 valence electrons. The van der Waals surface area contributed by atoms with Gasteiger partial charge in [0.2, 0.25) is 0 Å². The van der Waals surface area contributed by atoms with Gasteiger partial charge in [0, 0.05) is 12.6 Å². The smallest absolute Gasteiger partial charge is 0.253 e. The summed E-state index contributed by atoms with van der Waals surface area (Å²) in [6.45, 7) is 2.43. The highest BCUT2D eigenvalue weighted by Gasteiger charge is 2.16. The molecule has 0 radical (unpaired) electrons. The van der Waals surface area contributed by atoms with Crippen molar-refractivity contribution in [2.45, 2.75) is 32.2 Å². The number of nitrogens with two attached hydrogens (primary N) is 1. The van der Waals surface area contributed by atoms with E-state index in [0.717, 1.165) is 19.3 Å². The van der Waals surface area contributed by atoms with Crippen LogP contribution < -0.4 is 11.1 Å². The van der Waals surface area contributed by atoms with E-state index in [1.807, 2.05) is 0 Å². The van der Waals surface area contributed by atoms with Crippen molar-refractivity contribution in [2.24, 2.45) is 5.73 Å². The molecule has 18 heavy (non-hydrogen) atoms. The van der Waals surface area contributed by atoms with Crippen LogP contribution in [0.15, 0.2) is 18.2 Å². The summed E-state index contributed by atoms with van der Waals surface area (Å²) in [6.07, 6.45) is 2.83. The lowest BCUT2D eigenvalue weighted by molar-refractivity contribution is 0.0935. The first-order valence-corrected chi connectivity index (χ1v) is 6.42. The Bertz CT molecular complexity index is 412. The lowest BCUT2D eigenvalue weighted by Crippen LogP contribution is -2.40. The summed E-state index contributed by atoms with van der Waals surface area (Å²) >= 11 is 5.75. The second-order valence-corrected chi connectivity index (χ2v) is 4.53. The number of rotatable bonds is 6. The van der Waals surface area contributed by atoms with Gasteiger partial charge in [0.1, 0.15) is 5.82 Å². The second-order valence-electron chi connectivity index (χ2n) is 4.15. The first-order chi connectivity index (χ1) is 8.60. The molecule has 1 atom stereocenters. The number of carbonyl (C=O) groups is 1. The molecule has 0 fully saturated rings. The fraction of sp³-hybridized carbons (Fsp3) is 0.462. The number of hydrogen-bond donors (Lipinski definition) is 2. The van der Waals surface area contributed by atoms with Crippen molar-refractivity contribution in [1.82, 2.24) is 5.32 Å². The topological polar surface area (TPSA) is 55.1 Å². The highest BCUT2D eigenvalue weighted by atomic mass is 35.5. The molecule has 0 saturated carbocycles. The molecule has 0 aliphatic rings. The lowest BCUT2D eigenvalue weighted by atomic mass is 10.1. The molecular weight excluding hydrogens is 255 g/mol. The Kier molecular flexibility index (Phi) is 6.09. The first-order valence-electron chi connectivity index (χ1n) is 6.05. The molecule has 1 rings (SSSR count). The van der Waals surface area contributed by atoms with E-state index in [1.165, 1.54) is 18.2 Å². The number of nitrogens with one attached hydrogen (secondary N) is 1. The number of amides is 1. The van der Waals surface area contributed by atoms with Crippen LogP contribution in [0.1, 0.15) is 36.5 Å². The molecule has 0 aliphatic carbocycles. The summed E-state index contributed by atoms with van der Waals surface area (Å²) in [5, 5.41) is 2.62. The molecule has 0 spiro atoms. The molecule has 0 aromatic heterocycles. The van der Waals surface area contributed by atoms with Crippen molar-refractivity contribution < 1.29 is 9.18 Å².